The third-order valence-corrected chi connectivity index (χ3v) is 6.22. The van der Waals surface area contributed by atoms with Crippen LogP contribution in [0.2, 0.25) is 0 Å². The number of nitrogens with one attached hydrogen (secondary N) is 1. The number of carbonyl (C=O) groups is 2. The summed E-state index contributed by atoms with van der Waals surface area (Å²) in [6, 6.07) is 0. The van der Waals surface area contributed by atoms with Gasteiger partial charge in [0.05, 0.1) is 17.9 Å². The van der Waals surface area contributed by atoms with Gasteiger partial charge in [-0.05, 0) is 45.1 Å². The normalized spacial score (nSPS) is 13.3. The minimum atomic E-state index is -0.368. The van der Waals surface area contributed by atoms with Gasteiger partial charge in [0.2, 0.25) is 11.1 Å². The van der Waals surface area contributed by atoms with E-state index < -0.39 is 0 Å². The Labute approximate surface area is 159 Å². The molecule has 2 heterocycles. The summed E-state index contributed by atoms with van der Waals surface area (Å²) in [7, 11) is 0. The summed E-state index contributed by atoms with van der Waals surface area (Å²) in [5.41, 5.74) is 1.54. The maximum absolute atomic E-state index is 12.4. The number of hydrogen-bond acceptors (Lipinski definition) is 8. The van der Waals surface area contributed by atoms with E-state index in [1.54, 1.807) is 13.8 Å². The summed E-state index contributed by atoms with van der Waals surface area (Å²) < 4.78 is 6.53. The molecule has 0 saturated carbocycles. The molecule has 0 atom stereocenters. The van der Waals surface area contributed by atoms with Gasteiger partial charge in [0.15, 0.2) is 0 Å². The molecule has 0 radical (unpaired) electrons. The Morgan fingerprint density at radius 1 is 1.35 bits per heavy atom. The van der Waals surface area contributed by atoms with Crippen molar-refractivity contribution in [1.82, 2.24) is 14.9 Å². The van der Waals surface area contributed by atoms with Crippen LogP contribution in [0, 0.1) is 6.92 Å². The molecule has 0 spiro atoms. The Morgan fingerprint density at radius 2 is 2.12 bits per heavy atom. The van der Waals surface area contributed by atoms with Crippen molar-refractivity contribution < 1.29 is 14.3 Å². The van der Waals surface area contributed by atoms with E-state index in [2.05, 4.69) is 15.5 Å². The second kappa shape index (κ2) is 8.09. The average Bonchev–Trinajstić information content (AvgIpc) is 3.13. The molecular weight excluding hydrogens is 374 g/mol. The fraction of sp³-hybridized carbons (Fsp3) is 0.500. The van der Waals surface area contributed by atoms with E-state index in [4.69, 9.17) is 10.6 Å². The van der Waals surface area contributed by atoms with Crippen molar-refractivity contribution in [3.8, 4) is 0 Å². The van der Waals surface area contributed by atoms with E-state index in [9.17, 15) is 9.59 Å². The zero-order valence-electron chi connectivity index (χ0n) is 14.7. The van der Waals surface area contributed by atoms with Gasteiger partial charge in [0, 0.05) is 4.88 Å². The first-order chi connectivity index (χ1) is 12.5. The van der Waals surface area contributed by atoms with E-state index in [0.717, 1.165) is 31.2 Å². The number of hydrogen-bond donors (Lipinski definition) is 2. The van der Waals surface area contributed by atoms with Crippen molar-refractivity contribution in [3.05, 3.63) is 21.8 Å². The molecule has 0 bridgehead atoms. The number of nitrogen functional groups attached to an aromatic ring is 1. The van der Waals surface area contributed by atoms with Crippen LogP contribution in [0.25, 0.3) is 0 Å². The lowest BCUT2D eigenvalue weighted by Crippen LogP contribution is -2.18. The highest BCUT2D eigenvalue weighted by Crippen LogP contribution is 2.38. The van der Waals surface area contributed by atoms with Gasteiger partial charge in [-0.15, -0.1) is 21.5 Å². The number of ether oxygens (including phenoxy) is 1. The first kappa shape index (κ1) is 18.7. The maximum Gasteiger partial charge on any atom is 0.341 e. The quantitative estimate of drug-likeness (QED) is 0.438. The van der Waals surface area contributed by atoms with E-state index in [0.29, 0.717) is 28.2 Å². The van der Waals surface area contributed by atoms with Gasteiger partial charge in [-0.3, -0.25) is 4.79 Å². The molecule has 3 rings (SSSR count). The Bertz CT molecular complexity index is 830. The van der Waals surface area contributed by atoms with E-state index >= 15 is 0 Å². The number of carbonyl (C=O) groups excluding carboxylic acids is 2. The van der Waals surface area contributed by atoms with Gasteiger partial charge in [0.25, 0.3) is 0 Å². The molecule has 0 aliphatic heterocycles. The van der Waals surface area contributed by atoms with Crippen LogP contribution in [0.3, 0.4) is 0 Å². The van der Waals surface area contributed by atoms with Crippen LogP contribution < -0.4 is 11.2 Å². The Balaban J connectivity index is 1.74. The number of thiophene rings is 1. The van der Waals surface area contributed by atoms with Crippen molar-refractivity contribution in [2.75, 3.05) is 23.5 Å². The Morgan fingerprint density at radius 3 is 2.81 bits per heavy atom. The highest BCUT2D eigenvalue weighted by atomic mass is 32.2. The van der Waals surface area contributed by atoms with Gasteiger partial charge in [-0.1, -0.05) is 11.8 Å². The molecule has 10 heteroatoms. The molecule has 0 fully saturated rings. The number of aromatic nitrogens is 3. The van der Waals surface area contributed by atoms with Gasteiger partial charge < -0.3 is 15.9 Å². The number of esters is 1. The zero-order valence-corrected chi connectivity index (χ0v) is 16.3. The summed E-state index contributed by atoms with van der Waals surface area (Å²) in [4.78, 5) is 25.9. The number of rotatable bonds is 6. The van der Waals surface area contributed by atoms with Crippen LogP contribution in [-0.4, -0.2) is 39.1 Å². The molecule has 3 N–H and O–H groups in total. The van der Waals surface area contributed by atoms with Gasteiger partial charge >= 0.3 is 5.97 Å². The predicted octanol–water partition coefficient (Wildman–Crippen LogP) is 2.15. The van der Waals surface area contributed by atoms with Crippen LogP contribution in [0.1, 0.15) is 46.4 Å². The number of nitrogens with two attached hydrogens (primary N) is 1. The molecule has 1 aliphatic rings. The molecule has 0 saturated heterocycles. The summed E-state index contributed by atoms with van der Waals surface area (Å²) in [5.74, 6) is 5.89. The molecule has 0 unspecified atom stereocenters. The number of thioether (sulfide) groups is 1. The molecule has 2 aromatic heterocycles. The van der Waals surface area contributed by atoms with Gasteiger partial charge in [-0.2, -0.15) is 0 Å². The van der Waals surface area contributed by atoms with Crippen molar-refractivity contribution >= 4 is 40.0 Å². The fourth-order valence-corrected chi connectivity index (χ4v) is 4.81. The highest BCUT2D eigenvalue weighted by molar-refractivity contribution is 7.99. The monoisotopic (exact) mass is 395 g/mol. The molecule has 1 amide bonds. The molecular formula is C16H21N5O3S2. The zero-order chi connectivity index (χ0) is 18.7. The van der Waals surface area contributed by atoms with Crippen LogP contribution in [0.4, 0.5) is 5.00 Å². The fourth-order valence-electron chi connectivity index (χ4n) is 2.81. The molecule has 26 heavy (non-hydrogen) atoms. The third-order valence-electron chi connectivity index (χ3n) is 4.07. The molecule has 140 valence electrons. The van der Waals surface area contributed by atoms with E-state index in [1.165, 1.54) is 32.7 Å². The van der Waals surface area contributed by atoms with Crippen molar-refractivity contribution in [1.29, 1.82) is 0 Å². The SMILES string of the molecule is CCOC(=O)c1c(NC(=O)CSc2nnc(C)n2N)sc2c1CCCC2. The minimum absolute atomic E-state index is 0.125. The molecule has 8 nitrogen and oxygen atoms in total. The molecule has 1 aliphatic carbocycles. The number of anilines is 1. The van der Waals surface area contributed by atoms with Gasteiger partial charge in [0.1, 0.15) is 10.8 Å². The smallest absolute Gasteiger partial charge is 0.341 e. The van der Waals surface area contributed by atoms with Crippen LogP contribution in [-0.2, 0) is 22.4 Å². The average molecular weight is 396 g/mol. The van der Waals surface area contributed by atoms with Gasteiger partial charge in [-0.25, -0.2) is 9.47 Å². The summed E-state index contributed by atoms with van der Waals surface area (Å²) in [5, 5.41) is 11.7. The second-order valence-electron chi connectivity index (χ2n) is 5.87. The minimum Gasteiger partial charge on any atom is -0.462 e. The topological polar surface area (TPSA) is 112 Å². The lowest BCUT2D eigenvalue weighted by molar-refractivity contribution is -0.113. The van der Waals surface area contributed by atoms with Crippen LogP contribution >= 0.6 is 23.1 Å². The Hall–Kier alpha value is -2.07. The second-order valence-corrected chi connectivity index (χ2v) is 7.92. The highest BCUT2D eigenvalue weighted by Gasteiger charge is 2.27. The summed E-state index contributed by atoms with van der Waals surface area (Å²) in [6.45, 7) is 3.81. The third kappa shape index (κ3) is 3.85. The standard InChI is InChI=1S/C16H21N5O3S2/c1-3-24-15(23)13-10-6-4-5-7-11(10)26-14(13)18-12(22)8-25-16-20-19-9(2)21(16)17/h3-8,17H2,1-2H3,(H,18,22). The summed E-state index contributed by atoms with van der Waals surface area (Å²) in [6.07, 6.45) is 3.93. The number of amides is 1. The number of nitrogens with zero attached hydrogens (tertiary/aromatic N) is 3. The van der Waals surface area contributed by atoms with Crippen molar-refractivity contribution in [3.63, 3.8) is 0 Å². The maximum atomic E-state index is 12.4. The van der Waals surface area contributed by atoms with Crippen molar-refractivity contribution in [2.45, 2.75) is 44.7 Å². The van der Waals surface area contributed by atoms with Crippen LogP contribution in [0.5, 0.6) is 0 Å². The first-order valence-corrected chi connectivity index (χ1v) is 10.2. The largest absolute Gasteiger partial charge is 0.462 e. The van der Waals surface area contributed by atoms with Crippen LogP contribution in [0.15, 0.2) is 5.16 Å². The lowest BCUT2D eigenvalue weighted by Gasteiger charge is -2.12. The number of aryl methyl sites for hydroxylation is 2. The lowest BCUT2D eigenvalue weighted by atomic mass is 9.95. The Kier molecular flexibility index (Phi) is 5.82. The molecule has 0 aromatic carbocycles. The molecule has 2 aromatic rings. The van der Waals surface area contributed by atoms with E-state index in [1.807, 2.05) is 0 Å². The van der Waals surface area contributed by atoms with Crippen molar-refractivity contribution in [2.24, 2.45) is 0 Å². The number of fused-ring (bicyclic) bond motifs is 1. The summed E-state index contributed by atoms with van der Waals surface area (Å²) >= 11 is 2.67. The van der Waals surface area contributed by atoms with E-state index in [-0.39, 0.29) is 17.6 Å². The predicted molar refractivity (Wildman–Crippen MR) is 101 cm³/mol. The first-order valence-electron chi connectivity index (χ1n) is 8.42.